The van der Waals surface area contributed by atoms with Gasteiger partial charge in [-0.2, -0.15) is 4.31 Å². The average Bonchev–Trinajstić information content (AvgIpc) is 3.36. The number of amides is 1. The van der Waals surface area contributed by atoms with E-state index in [0.717, 1.165) is 42.3 Å². The Hall–Kier alpha value is -2.92. The smallest absolute Gasteiger partial charge is 0.246 e. The molecule has 0 aliphatic carbocycles. The zero-order chi connectivity index (χ0) is 24.3. The summed E-state index contributed by atoms with van der Waals surface area (Å²) in [4.78, 5) is 17.1. The largest absolute Gasteiger partial charge is 0.454 e. The standard InChI is InChI=1S/C25H29N3O6S/c29-25(8-4-20-1-5-22(6-2-20)35(30,31)28-13-15-32-16-14-28)27-11-9-26(10-12-27)18-21-3-7-23-24(17-21)34-19-33-23/h1-8,17H,9-16,18-19H2. The third kappa shape index (κ3) is 5.51. The zero-order valence-electron chi connectivity index (χ0n) is 19.5. The first-order valence-corrected chi connectivity index (χ1v) is 13.2. The van der Waals surface area contributed by atoms with Gasteiger partial charge in [0.1, 0.15) is 0 Å². The quantitative estimate of drug-likeness (QED) is 0.560. The highest BCUT2D eigenvalue weighted by atomic mass is 32.2. The van der Waals surface area contributed by atoms with Crippen molar-refractivity contribution in [3.05, 3.63) is 59.7 Å². The summed E-state index contributed by atoms with van der Waals surface area (Å²) >= 11 is 0. The fourth-order valence-electron chi connectivity index (χ4n) is 4.38. The highest BCUT2D eigenvalue weighted by Crippen LogP contribution is 2.32. The van der Waals surface area contributed by atoms with Crippen LogP contribution < -0.4 is 9.47 Å². The van der Waals surface area contributed by atoms with Crippen LogP contribution in [0.25, 0.3) is 6.08 Å². The highest BCUT2D eigenvalue weighted by molar-refractivity contribution is 7.89. The van der Waals surface area contributed by atoms with Gasteiger partial charge in [0.25, 0.3) is 0 Å². The SMILES string of the molecule is O=C(C=Cc1ccc(S(=O)(=O)N2CCOCC2)cc1)N1CCN(Cc2ccc3c(c2)OCO3)CC1. The molecule has 0 unspecified atom stereocenters. The van der Waals surface area contributed by atoms with E-state index in [-0.39, 0.29) is 17.6 Å². The first-order chi connectivity index (χ1) is 17.0. The van der Waals surface area contributed by atoms with Crippen LogP contribution in [0.15, 0.2) is 53.4 Å². The molecule has 186 valence electrons. The maximum Gasteiger partial charge on any atom is 0.246 e. The predicted molar refractivity (Wildman–Crippen MR) is 129 cm³/mol. The number of rotatable bonds is 6. The molecule has 2 saturated heterocycles. The van der Waals surface area contributed by atoms with Crippen molar-refractivity contribution in [3.8, 4) is 11.5 Å². The Morgan fingerprint density at radius 2 is 1.60 bits per heavy atom. The molecule has 1 amide bonds. The number of nitrogens with zero attached hydrogens (tertiary/aromatic N) is 3. The van der Waals surface area contributed by atoms with Crippen molar-refractivity contribution in [2.24, 2.45) is 0 Å². The monoisotopic (exact) mass is 499 g/mol. The van der Waals surface area contributed by atoms with Crippen LogP contribution in [0.3, 0.4) is 0 Å². The minimum absolute atomic E-state index is 0.0438. The molecular formula is C25H29N3O6S. The van der Waals surface area contributed by atoms with Crippen molar-refractivity contribution in [1.29, 1.82) is 0 Å². The number of fused-ring (bicyclic) bond motifs is 1. The predicted octanol–water partition coefficient (Wildman–Crippen LogP) is 1.79. The number of carbonyl (C=O) groups is 1. The maximum atomic E-state index is 12.7. The number of benzene rings is 2. The van der Waals surface area contributed by atoms with Crippen molar-refractivity contribution < 1.29 is 27.4 Å². The molecule has 0 atom stereocenters. The Labute approximate surface area is 205 Å². The fraction of sp³-hybridized carbons (Fsp3) is 0.400. The van der Waals surface area contributed by atoms with Crippen molar-refractivity contribution in [1.82, 2.24) is 14.1 Å². The molecule has 3 aliphatic heterocycles. The van der Waals surface area contributed by atoms with Gasteiger partial charge in [-0.25, -0.2) is 8.42 Å². The first kappa shape index (κ1) is 23.8. The van der Waals surface area contributed by atoms with Crippen LogP contribution in [0.2, 0.25) is 0 Å². The van der Waals surface area contributed by atoms with Crippen LogP contribution in [0.1, 0.15) is 11.1 Å². The molecule has 0 bridgehead atoms. The minimum atomic E-state index is -3.52. The molecule has 2 fully saturated rings. The van der Waals surface area contributed by atoms with Crippen LogP contribution in [0.5, 0.6) is 11.5 Å². The summed E-state index contributed by atoms with van der Waals surface area (Å²) in [7, 11) is -3.52. The van der Waals surface area contributed by atoms with E-state index in [1.807, 2.05) is 23.1 Å². The summed E-state index contributed by atoms with van der Waals surface area (Å²) in [6, 6.07) is 12.6. The van der Waals surface area contributed by atoms with Gasteiger partial charge >= 0.3 is 0 Å². The Bertz CT molecular complexity index is 1180. The van der Waals surface area contributed by atoms with E-state index in [4.69, 9.17) is 14.2 Å². The number of hydrogen-bond donors (Lipinski definition) is 0. The maximum absolute atomic E-state index is 12.7. The van der Waals surface area contributed by atoms with Gasteiger partial charge in [-0.15, -0.1) is 0 Å². The third-order valence-corrected chi connectivity index (χ3v) is 8.35. The molecule has 2 aromatic carbocycles. The van der Waals surface area contributed by atoms with Gasteiger partial charge in [-0.1, -0.05) is 18.2 Å². The molecule has 10 heteroatoms. The van der Waals surface area contributed by atoms with E-state index in [0.29, 0.717) is 39.4 Å². The second kappa shape index (κ2) is 10.4. The van der Waals surface area contributed by atoms with Gasteiger partial charge in [0, 0.05) is 51.9 Å². The van der Waals surface area contributed by atoms with Crippen molar-refractivity contribution in [2.75, 3.05) is 59.3 Å². The molecule has 0 N–H and O–H groups in total. The van der Waals surface area contributed by atoms with Gasteiger partial charge in [-0.3, -0.25) is 9.69 Å². The number of carbonyl (C=O) groups excluding carboxylic acids is 1. The lowest BCUT2D eigenvalue weighted by Crippen LogP contribution is -2.47. The average molecular weight is 500 g/mol. The van der Waals surface area contributed by atoms with Gasteiger partial charge in [0.2, 0.25) is 22.7 Å². The third-order valence-electron chi connectivity index (χ3n) is 6.43. The molecule has 3 aliphatic rings. The molecule has 0 aromatic heterocycles. The van der Waals surface area contributed by atoms with E-state index in [1.165, 1.54) is 4.31 Å². The number of piperazine rings is 1. The van der Waals surface area contributed by atoms with Crippen molar-refractivity contribution in [2.45, 2.75) is 11.4 Å². The zero-order valence-corrected chi connectivity index (χ0v) is 20.3. The van der Waals surface area contributed by atoms with Crippen LogP contribution in [-0.2, 0) is 26.1 Å². The van der Waals surface area contributed by atoms with Crippen molar-refractivity contribution in [3.63, 3.8) is 0 Å². The van der Waals surface area contributed by atoms with E-state index in [2.05, 4.69) is 4.90 Å². The number of ether oxygens (including phenoxy) is 3. The molecule has 0 spiro atoms. The minimum Gasteiger partial charge on any atom is -0.454 e. The molecule has 35 heavy (non-hydrogen) atoms. The molecule has 0 saturated carbocycles. The lowest BCUT2D eigenvalue weighted by molar-refractivity contribution is -0.127. The van der Waals surface area contributed by atoms with Crippen LogP contribution in [0, 0.1) is 0 Å². The van der Waals surface area contributed by atoms with E-state index < -0.39 is 10.0 Å². The molecule has 3 heterocycles. The summed E-state index contributed by atoms with van der Waals surface area (Å²) in [6.07, 6.45) is 3.28. The van der Waals surface area contributed by atoms with Gasteiger partial charge in [-0.05, 0) is 41.5 Å². The lowest BCUT2D eigenvalue weighted by Gasteiger charge is -2.34. The van der Waals surface area contributed by atoms with Gasteiger partial charge < -0.3 is 19.1 Å². The Kier molecular flexibility index (Phi) is 7.05. The van der Waals surface area contributed by atoms with Gasteiger partial charge in [0.05, 0.1) is 18.1 Å². The molecule has 5 rings (SSSR count). The summed E-state index contributed by atoms with van der Waals surface area (Å²) in [5, 5.41) is 0. The van der Waals surface area contributed by atoms with Gasteiger partial charge in [0.15, 0.2) is 11.5 Å². The van der Waals surface area contributed by atoms with E-state index in [9.17, 15) is 13.2 Å². The number of hydrogen-bond acceptors (Lipinski definition) is 7. The summed E-state index contributed by atoms with van der Waals surface area (Å²) in [5.74, 6) is 1.52. The molecule has 0 radical (unpaired) electrons. The first-order valence-electron chi connectivity index (χ1n) is 11.7. The Balaban J connectivity index is 1.12. The number of sulfonamides is 1. The van der Waals surface area contributed by atoms with Crippen molar-refractivity contribution >= 4 is 22.0 Å². The summed E-state index contributed by atoms with van der Waals surface area (Å²) in [5.41, 5.74) is 1.94. The van der Waals surface area contributed by atoms with E-state index >= 15 is 0 Å². The summed E-state index contributed by atoms with van der Waals surface area (Å²) in [6.45, 7) is 5.52. The highest BCUT2D eigenvalue weighted by Gasteiger charge is 2.26. The Morgan fingerprint density at radius 3 is 2.34 bits per heavy atom. The second-order valence-electron chi connectivity index (χ2n) is 8.71. The number of morpholine rings is 1. The summed E-state index contributed by atoms with van der Waals surface area (Å²) < 4.78 is 43.0. The topological polar surface area (TPSA) is 88.6 Å². The van der Waals surface area contributed by atoms with Crippen LogP contribution >= 0.6 is 0 Å². The Morgan fingerprint density at radius 1 is 0.886 bits per heavy atom. The van der Waals surface area contributed by atoms with Crippen LogP contribution in [0.4, 0.5) is 0 Å². The fourth-order valence-corrected chi connectivity index (χ4v) is 5.79. The second-order valence-corrected chi connectivity index (χ2v) is 10.6. The van der Waals surface area contributed by atoms with E-state index in [1.54, 1.807) is 36.4 Å². The molecule has 2 aromatic rings. The molecule has 9 nitrogen and oxygen atoms in total. The normalized spacial score (nSPS) is 19.4. The van der Waals surface area contributed by atoms with Crippen LogP contribution in [-0.4, -0.2) is 87.7 Å². The molecular weight excluding hydrogens is 470 g/mol. The lowest BCUT2D eigenvalue weighted by atomic mass is 10.1.